The third-order valence-corrected chi connectivity index (χ3v) is 1.86. The van der Waals surface area contributed by atoms with Crippen LogP contribution in [0.2, 0.25) is 0 Å². The zero-order valence-corrected chi connectivity index (χ0v) is 9.73. The Hall–Kier alpha value is -1.77. The molecule has 0 aliphatic heterocycles. The molecule has 0 saturated carbocycles. The summed E-state index contributed by atoms with van der Waals surface area (Å²) in [7, 11) is 0. The van der Waals surface area contributed by atoms with Crippen LogP contribution in [-0.2, 0) is 4.79 Å². The SMILES string of the molecule is CC(=O)C=Cc1ccc(OC(C)C)c(O)c1. The van der Waals surface area contributed by atoms with Gasteiger partial charge in [-0.3, -0.25) is 4.79 Å². The monoisotopic (exact) mass is 220 g/mol. The molecule has 1 N–H and O–H groups in total. The predicted octanol–water partition coefficient (Wildman–Crippen LogP) is 2.78. The molecule has 0 bridgehead atoms. The summed E-state index contributed by atoms with van der Waals surface area (Å²) in [6.45, 7) is 5.26. The minimum absolute atomic E-state index is 0.0181. The van der Waals surface area contributed by atoms with E-state index >= 15 is 0 Å². The van der Waals surface area contributed by atoms with Crippen LogP contribution in [0.3, 0.4) is 0 Å². The molecule has 0 heterocycles. The summed E-state index contributed by atoms with van der Waals surface area (Å²) < 4.78 is 5.38. The quantitative estimate of drug-likeness (QED) is 0.793. The maximum absolute atomic E-state index is 10.7. The van der Waals surface area contributed by atoms with Gasteiger partial charge in [-0.25, -0.2) is 0 Å². The normalized spacial score (nSPS) is 11.0. The molecular formula is C13H16O3. The molecule has 0 fully saturated rings. The second-order valence-corrected chi connectivity index (χ2v) is 3.84. The Morgan fingerprint density at radius 1 is 1.44 bits per heavy atom. The fourth-order valence-corrected chi connectivity index (χ4v) is 1.21. The first-order valence-electron chi connectivity index (χ1n) is 5.17. The van der Waals surface area contributed by atoms with Crippen LogP contribution in [0.25, 0.3) is 6.08 Å². The topological polar surface area (TPSA) is 46.5 Å². The van der Waals surface area contributed by atoms with Gasteiger partial charge in [-0.2, -0.15) is 0 Å². The van der Waals surface area contributed by atoms with Crippen LogP contribution in [-0.4, -0.2) is 17.0 Å². The van der Waals surface area contributed by atoms with Gasteiger partial charge in [0.15, 0.2) is 17.3 Å². The Labute approximate surface area is 95.4 Å². The van der Waals surface area contributed by atoms with Crippen molar-refractivity contribution in [2.24, 2.45) is 0 Å². The molecule has 0 aromatic heterocycles. The van der Waals surface area contributed by atoms with Crippen molar-refractivity contribution in [2.45, 2.75) is 26.9 Å². The maximum atomic E-state index is 10.7. The number of carbonyl (C=O) groups excluding carboxylic acids is 1. The van der Waals surface area contributed by atoms with E-state index in [-0.39, 0.29) is 17.6 Å². The van der Waals surface area contributed by atoms with Crippen molar-refractivity contribution in [3.8, 4) is 11.5 Å². The molecule has 1 aromatic carbocycles. The summed E-state index contributed by atoms with van der Waals surface area (Å²) in [5.41, 5.74) is 0.767. The number of ketones is 1. The van der Waals surface area contributed by atoms with E-state index in [0.717, 1.165) is 5.56 Å². The van der Waals surface area contributed by atoms with Gasteiger partial charge in [-0.05, 0) is 44.5 Å². The minimum atomic E-state index is -0.0259. The van der Waals surface area contributed by atoms with Gasteiger partial charge in [0.25, 0.3) is 0 Å². The van der Waals surface area contributed by atoms with Crippen molar-refractivity contribution >= 4 is 11.9 Å². The number of benzene rings is 1. The second kappa shape index (κ2) is 5.35. The fraction of sp³-hybridized carbons (Fsp3) is 0.308. The van der Waals surface area contributed by atoms with Crippen LogP contribution in [0.15, 0.2) is 24.3 Å². The molecule has 86 valence electrons. The molecular weight excluding hydrogens is 204 g/mol. The number of carbonyl (C=O) groups is 1. The first-order valence-corrected chi connectivity index (χ1v) is 5.17. The summed E-state index contributed by atoms with van der Waals surface area (Å²) >= 11 is 0. The van der Waals surface area contributed by atoms with Gasteiger partial charge in [0.2, 0.25) is 0 Å². The van der Waals surface area contributed by atoms with E-state index in [9.17, 15) is 9.90 Å². The van der Waals surface area contributed by atoms with Gasteiger partial charge < -0.3 is 9.84 Å². The van der Waals surface area contributed by atoms with E-state index in [1.54, 1.807) is 24.3 Å². The van der Waals surface area contributed by atoms with Gasteiger partial charge >= 0.3 is 0 Å². The standard InChI is InChI=1S/C13H16O3/c1-9(2)16-13-7-6-11(8-12(13)15)5-4-10(3)14/h4-9,15H,1-3H3. The fourth-order valence-electron chi connectivity index (χ4n) is 1.21. The Balaban J connectivity index is 2.86. The summed E-state index contributed by atoms with van der Waals surface area (Å²) in [6, 6.07) is 5.04. The van der Waals surface area contributed by atoms with Crippen LogP contribution in [0.5, 0.6) is 11.5 Å². The molecule has 16 heavy (non-hydrogen) atoms. The molecule has 1 aromatic rings. The van der Waals surface area contributed by atoms with Crippen LogP contribution >= 0.6 is 0 Å². The number of rotatable bonds is 4. The summed E-state index contributed by atoms with van der Waals surface area (Å²) in [4.78, 5) is 10.7. The highest BCUT2D eigenvalue weighted by Gasteiger charge is 2.04. The molecule has 0 unspecified atom stereocenters. The third kappa shape index (κ3) is 3.77. The summed E-state index contributed by atoms with van der Waals surface area (Å²) in [6.07, 6.45) is 3.13. The summed E-state index contributed by atoms with van der Waals surface area (Å²) in [5.74, 6) is 0.511. The molecule has 3 nitrogen and oxygen atoms in total. The molecule has 0 amide bonds. The Morgan fingerprint density at radius 3 is 2.62 bits per heavy atom. The zero-order valence-electron chi connectivity index (χ0n) is 9.73. The van der Waals surface area contributed by atoms with E-state index in [1.165, 1.54) is 13.0 Å². The van der Waals surface area contributed by atoms with E-state index < -0.39 is 0 Å². The van der Waals surface area contributed by atoms with Crippen molar-refractivity contribution < 1.29 is 14.6 Å². The highest BCUT2D eigenvalue weighted by molar-refractivity contribution is 5.91. The predicted molar refractivity (Wildman–Crippen MR) is 63.6 cm³/mol. The maximum Gasteiger partial charge on any atom is 0.161 e. The molecule has 0 atom stereocenters. The molecule has 0 spiro atoms. The average Bonchev–Trinajstić information content (AvgIpc) is 2.18. The van der Waals surface area contributed by atoms with E-state index in [2.05, 4.69) is 0 Å². The van der Waals surface area contributed by atoms with Crippen molar-refractivity contribution in [2.75, 3.05) is 0 Å². The van der Waals surface area contributed by atoms with Gasteiger partial charge in [0.05, 0.1) is 6.10 Å². The van der Waals surface area contributed by atoms with Crippen molar-refractivity contribution in [3.05, 3.63) is 29.8 Å². The average molecular weight is 220 g/mol. The van der Waals surface area contributed by atoms with E-state index in [1.807, 2.05) is 13.8 Å². The highest BCUT2D eigenvalue weighted by Crippen LogP contribution is 2.28. The van der Waals surface area contributed by atoms with Gasteiger partial charge in [0.1, 0.15) is 0 Å². The molecule has 0 radical (unpaired) electrons. The first-order chi connectivity index (χ1) is 7.49. The number of phenolic OH excluding ortho intramolecular Hbond substituents is 1. The molecule has 0 saturated heterocycles. The third-order valence-electron chi connectivity index (χ3n) is 1.86. The number of ether oxygens (including phenoxy) is 1. The van der Waals surface area contributed by atoms with Crippen LogP contribution in [0.4, 0.5) is 0 Å². The summed E-state index contributed by atoms with van der Waals surface area (Å²) in [5, 5.41) is 9.66. The lowest BCUT2D eigenvalue weighted by molar-refractivity contribution is -0.112. The zero-order chi connectivity index (χ0) is 12.1. The smallest absolute Gasteiger partial charge is 0.161 e. The Bertz CT molecular complexity index is 406. The van der Waals surface area contributed by atoms with Gasteiger partial charge in [-0.1, -0.05) is 12.1 Å². The number of hydrogen-bond acceptors (Lipinski definition) is 3. The van der Waals surface area contributed by atoms with Gasteiger partial charge in [-0.15, -0.1) is 0 Å². The lowest BCUT2D eigenvalue weighted by atomic mass is 10.2. The van der Waals surface area contributed by atoms with Crippen molar-refractivity contribution in [1.29, 1.82) is 0 Å². The second-order valence-electron chi connectivity index (χ2n) is 3.84. The molecule has 3 heteroatoms. The number of aromatic hydroxyl groups is 1. The van der Waals surface area contributed by atoms with Crippen molar-refractivity contribution in [1.82, 2.24) is 0 Å². The van der Waals surface area contributed by atoms with Crippen molar-refractivity contribution in [3.63, 3.8) is 0 Å². The van der Waals surface area contributed by atoms with E-state index in [0.29, 0.717) is 5.75 Å². The van der Waals surface area contributed by atoms with Crippen LogP contribution in [0.1, 0.15) is 26.3 Å². The lowest BCUT2D eigenvalue weighted by Crippen LogP contribution is -2.05. The molecule has 1 rings (SSSR count). The first kappa shape index (κ1) is 12.3. The van der Waals surface area contributed by atoms with Crippen LogP contribution in [0, 0.1) is 0 Å². The Kier molecular flexibility index (Phi) is 4.11. The molecule has 0 aliphatic carbocycles. The van der Waals surface area contributed by atoms with Gasteiger partial charge in [0, 0.05) is 0 Å². The Morgan fingerprint density at radius 2 is 2.12 bits per heavy atom. The highest BCUT2D eigenvalue weighted by atomic mass is 16.5. The number of allylic oxidation sites excluding steroid dienone is 1. The van der Waals surface area contributed by atoms with Crippen LogP contribution < -0.4 is 4.74 Å². The minimum Gasteiger partial charge on any atom is -0.504 e. The lowest BCUT2D eigenvalue weighted by Gasteiger charge is -2.11. The number of hydrogen-bond donors (Lipinski definition) is 1. The number of phenols is 1. The van der Waals surface area contributed by atoms with E-state index in [4.69, 9.17) is 4.74 Å². The largest absolute Gasteiger partial charge is 0.504 e. The molecule has 0 aliphatic rings.